The number of nitrogens with zero attached hydrogens (tertiary/aromatic N) is 4. The summed E-state index contributed by atoms with van der Waals surface area (Å²) < 4.78 is 2.14. The number of carbonyl (C=O) groups is 2. The Morgan fingerprint density at radius 3 is 2.35 bits per heavy atom. The fourth-order valence-corrected chi connectivity index (χ4v) is 6.23. The van der Waals surface area contributed by atoms with E-state index in [1.54, 1.807) is 6.20 Å². The van der Waals surface area contributed by atoms with Crippen molar-refractivity contribution >= 4 is 28.5 Å². The third-order valence-electron chi connectivity index (χ3n) is 8.46. The predicted octanol–water partition coefficient (Wildman–Crippen LogP) is 5.57. The maximum atomic E-state index is 14.1. The van der Waals surface area contributed by atoms with Crippen molar-refractivity contribution < 1.29 is 9.59 Å². The summed E-state index contributed by atoms with van der Waals surface area (Å²) in [5, 5.41) is 4.16. The van der Waals surface area contributed by atoms with Gasteiger partial charge in [-0.1, -0.05) is 61.2 Å². The van der Waals surface area contributed by atoms with Crippen LogP contribution >= 0.6 is 0 Å². The molecule has 0 radical (unpaired) electrons. The molecule has 1 saturated heterocycles. The Morgan fingerprint density at radius 1 is 0.900 bits per heavy atom. The van der Waals surface area contributed by atoms with Crippen molar-refractivity contribution in [3.63, 3.8) is 0 Å². The van der Waals surface area contributed by atoms with Crippen LogP contribution in [0.3, 0.4) is 0 Å². The van der Waals surface area contributed by atoms with E-state index in [2.05, 4.69) is 57.0 Å². The van der Waals surface area contributed by atoms with Crippen molar-refractivity contribution in [2.75, 3.05) is 31.1 Å². The van der Waals surface area contributed by atoms with Gasteiger partial charge in [0.15, 0.2) is 0 Å². The second-order valence-electron chi connectivity index (χ2n) is 11.2. The maximum Gasteiger partial charge on any atom is 0.256 e. The highest BCUT2D eigenvalue weighted by atomic mass is 16.2. The molecular formula is C33H37N5O2. The predicted molar refractivity (Wildman–Crippen MR) is 160 cm³/mol. The second-order valence-corrected chi connectivity index (χ2v) is 11.2. The van der Waals surface area contributed by atoms with E-state index in [9.17, 15) is 9.59 Å². The van der Waals surface area contributed by atoms with E-state index >= 15 is 0 Å². The number of nitrogens with one attached hydrogen (secondary N) is 1. The molecule has 0 unspecified atom stereocenters. The lowest BCUT2D eigenvalue weighted by Gasteiger charge is -2.35. The van der Waals surface area contributed by atoms with E-state index in [4.69, 9.17) is 0 Å². The number of piperazine rings is 1. The van der Waals surface area contributed by atoms with Crippen LogP contribution in [0.4, 0.5) is 5.82 Å². The van der Waals surface area contributed by atoms with Crippen LogP contribution in [0.25, 0.3) is 22.2 Å². The Kier molecular flexibility index (Phi) is 7.29. The largest absolute Gasteiger partial charge is 0.353 e. The minimum atomic E-state index is -0.0408. The van der Waals surface area contributed by atoms with Gasteiger partial charge in [0.1, 0.15) is 5.82 Å². The molecule has 2 aromatic heterocycles. The van der Waals surface area contributed by atoms with Crippen molar-refractivity contribution in [2.24, 2.45) is 7.05 Å². The Bertz CT molecular complexity index is 1510. The van der Waals surface area contributed by atoms with Crippen LogP contribution in [0.5, 0.6) is 0 Å². The van der Waals surface area contributed by atoms with Crippen LogP contribution in [0.1, 0.15) is 58.4 Å². The molecule has 40 heavy (non-hydrogen) atoms. The molecule has 6 rings (SSSR count). The lowest BCUT2D eigenvalue weighted by molar-refractivity contribution is 0.0748. The molecule has 0 atom stereocenters. The van der Waals surface area contributed by atoms with E-state index < -0.39 is 0 Å². The summed E-state index contributed by atoms with van der Waals surface area (Å²) in [5.74, 6) is 0.866. The van der Waals surface area contributed by atoms with Gasteiger partial charge in [0, 0.05) is 56.4 Å². The molecule has 1 aliphatic heterocycles. The number of amides is 2. The highest BCUT2D eigenvalue weighted by molar-refractivity contribution is 6.13. The first kappa shape index (κ1) is 26.1. The van der Waals surface area contributed by atoms with Gasteiger partial charge >= 0.3 is 0 Å². The molecule has 2 aromatic carbocycles. The number of hydrogen-bond donors (Lipinski definition) is 1. The van der Waals surface area contributed by atoms with Gasteiger partial charge in [-0.15, -0.1) is 0 Å². The molecule has 0 spiro atoms. The number of pyridine rings is 1. The van der Waals surface area contributed by atoms with Crippen LogP contribution in [-0.2, 0) is 7.05 Å². The van der Waals surface area contributed by atoms with Crippen molar-refractivity contribution in [2.45, 2.75) is 45.1 Å². The normalized spacial score (nSPS) is 16.4. The van der Waals surface area contributed by atoms with E-state index in [-0.39, 0.29) is 17.9 Å². The van der Waals surface area contributed by atoms with Gasteiger partial charge in [-0.2, -0.15) is 0 Å². The van der Waals surface area contributed by atoms with E-state index in [0.29, 0.717) is 31.7 Å². The summed E-state index contributed by atoms with van der Waals surface area (Å²) in [5.41, 5.74) is 5.56. The molecule has 0 bridgehead atoms. The fraction of sp³-hybridized carbons (Fsp3) is 0.364. The van der Waals surface area contributed by atoms with Crippen LogP contribution in [-0.4, -0.2) is 58.5 Å². The highest BCUT2D eigenvalue weighted by Crippen LogP contribution is 2.35. The first-order valence-corrected chi connectivity index (χ1v) is 14.4. The topological polar surface area (TPSA) is 70.5 Å². The lowest BCUT2D eigenvalue weighted by Crippen LogP contribution is -2.49. The molecule has 2 fully saturated rings. The minimum Gasteiger partial charge on any atom is -0.353 e. The van der Waals surface area contributed by atoms with Gasteiger partial charge in [0.25, 0.3) is 11.8 Å². The third-order valence-corrected chi connectivity index (χ3v) is 8.46. The Balaban J connectivity index is 1.17. The summed E-state index contributed by atoms with van der Waals surface area (Å²) in [7, 11) is 2.04. The highest BCUT2D eigenvalue weighted by Gasteiger charge is 2.29. The third kappa shape index (κ3) is 5.08. The number of anilines is 1. The van der Waals surface area contributed by atoms with E-state index in [1.807, 2.05) is 42.3 Å². The van der Waals surface area contributed by atoms with Crippen molar-refractivity contribution in [3.8, 4) is 11.3 Å². The summed E-state index contributed by atoms with van der Waals surface area (Å²) in [6.07, 6.45) is 7.43. The zero-order valence-electron chi connectivity index (χ0n) is 23.4. The van der Waals surface area contributed by atoms with Crippen LogP contribution in [0, 0.1) is 6.92 Å². The zero-order valence-corrected chi connectivity index (χ0v) is 23.4. The summed E-state index contributed by atoms with van der Waals surface area (Å²) >= 11 is 0. The molecule has 4 aromatic rings. The molecule has 1 saturated carbocycles. The molecule has 2 aliphatic rings. The zero-order chi connectivity index (χ0) is 27.6. The first-order valence-electron chi connectivity index (χ1n) is 14.4. The molecule has 7 nitrogen and oxygen atoms in total. The van der Waals surface area contributed by atoms with Gasteiger partial charge in [0.05, 0.1) is 16.8 Å². The van der Waals surface area contributed by atoms with E-state index in [0.717, 1.165) is 51.9 Å². The monoisotopic (exact) mass is 535 g/mol. The maximum absolute atomic E-state index is 14.1. The quantitative estimate of drug-likeness (QED) is 0.363. The number of rotatable bonds is 5. The van der Waals surface area contributed by atoms with Gasteiger partial charge in [-0.05, 0) is 49.6 Å². The Morgan fingerprint density at radius 2 is 1.65 bits per heavy atom. The van der Waals surface area contributed by atoms with Crippen molar-refractivity contribution in [3.05, 3.63) is 83.6 Å². The minimum absolute atomic E-state index is 0.0408. The second kappa shape index (κ2) is 11.2. The summed E-state index contributed by atoms with van der Waals surface area (Å²) in [6, 6.07) is 20.6. The van der Waals surface area contributed by atoms with Gasteiger partial charge in [-0.25, -0.2) is 4.98 Å². The summed E-state index contributed by atoms with van der Waals surface area (Å²) in [4.78, 5) is 35.5. The number of carbonyl (C=O) groups excluding carboxylic acids is 2. The molecule has 1 N–H and O–H groups in total. The Labute approximate surface area is 235 Å². The van der Waals surface area contributed by atoms with E-state index in [1.165, 1.54) is 19.3 Å². The number of aryl methyl sites for hydroxylation is 2. The van der Waals surface area contributed by atoms with Crippen LogP contribution in [0.2, 0.25) is 0 Å². The Hall–Kier alpha value is -4.13. The van der Waals surface area contributed by atoms with Crippen LogP contribution in [0.15, 0.2) is 66.9 Å². The van der Waals surface area contributed by atoms with Crippen molar-refractivity contribution in [1.29, 1.82) is 0 Å². The van der Waals surface area contributed by atoms with Crippen molar-refractivity contribution in [1.82, 2.24) is 19.8 Å². The number of benzene rings is 2. The number of fused-ring (bicyclic) bond motifs is 1. The molecule has 206 valence electrons. The van der Waals surface area contributed by atoms with Gasteiger partial charge in [0.2, 0.25) is 0 Å². The molecular weight excluding hydrogens is 498 g/mol. The average Bonchev–Trinajstić information content (AvgIpc) is 3.29. The van der Waals surface area contributed by atoms with Gasteiger partial charge < -0.3 is 19.7 Å². The molecule has 1 aliphatic carbocycles. The lowest BCUT2D eigenvalue weighted by atomic mass is 9.95. The average molecular weight is 536 g/mol. The first-order chi connectivity index (χ1) is 19.5. The number of hydrogen-bond acceptors (Lipinski definition) is 4. The van der Waals surface area contributed by atoms with Crippen LogP contribution < -0.4 is 10.2 Å². The molecule has 7 heteroatoms. The molecule has 2 amide bonds. The fourth-order valence-electron chi connectivity index (χ4n) is 6.23. The SMILES string of the molecule is Cc1ccc2c(c1)c(C(=O)N1CCN(c3ccc(C(=O)NC4CCCCC4)cn3)CC1)c(-c1ccccc1)n2C. The smallest absolute Gasteiger partial charge is 0.256 e. The van der Waals surface area contributed by atoms with Gasteiger partial charge in [-0.3, -0.25) is 9.59 Å². The molecule has 3 heterocycles. The summed E-state index contributed by atoms with van der Waals surface area (Å²) in [6.45, 7) is 4.68. The standard InChI is InChI=1S/C33H37N5O2/c1-23-13-15-28-27(21-23)30(31(36(28)2)24-9-5-3-6-10-24)33(40)38-19-17-37(18-20-38)29-16-14-25(22-34-29)32(39)35-26-11-7-4-8-12-26/h3,5-6,9-10,13-16,21-22,26H,4,7-8,11-12,17-20H2,1-2H3,(H,35,39). The number of aromatic nitrogens is 2.